The number of pyridine rings is 2. The van der Waals surface area contributed by atoms with Gasteiger partial charge in [0.2, 0.25) is 0 Å². The number of rotatable bonds is 6. The first-order valence-electron chi connectivity index (χ1n) is 20.2. The summed E-state index contributed by atoms with van der Waals surface area (Å²) in [5, 5.41) is 4.80. The Morgan fingerprint density at radius 3 is 1.22 bits per heavy atom. The Bertz CT molecular complexity index is 3020. The summed E-state index contributed by atoms with van der Waals surface area (Å²) in [6.07, 6.45) is 3.80. The van der Waals surface area contributed by atoms with Crippen LogP contribution in [0.4, 0.5) is 34.1 Å². The van der Waals surface area contributed by atoms with Gasteiger partial charge in [0.25, 0.3) is 0 Å². The molecule has 59 heavy (non-hydrogen) atoms. The van der Waals surface area contributed by atoms with E-state index in [1.807, 2.05) is 12.4 Å². The first-order chi connectivity index (χ1) is 29.3. The monoisotopic (exact) mass is 752 g/mol. The van der Waals surface area contributed by atoms with Crippen LogP contribution >= 0.6 is 0 Å². The first-order valence-corrected chi connectivity index (χ1v) is 20.2. The standard InChI is InChI=1S/C55H36N4/c1-3-19-39(20-4-1)58(51-27-11-17-37-15-7-9-23-43(37)51)41-29-31-45-46-32-30-42(59(40-21-5-2-6-22-40)52-28-12-18-38-16-8-10-24-44(38)52)36-50(46)55(49(45)35-41)47-25-13-33-56-53(47)54-48(55)26-14-34-57-54/h1-36H. The van der Waals surface area contributed by atoms with Gasteiger partial charge in [-0.25, -0.2) is 0 Å². The highest BCUT2D eigenvalue weighted by Crippen LogP contribution is 2.63. The lowest BCUT2D eigenvalue weighted by molar-refractivity contribution is 0.789. The van der Waals surface area contributed by atoms with Crippen LogP contribution in [0.1, 0.15) is 22.3 Å². The van der Waals surface area contributed by atoms with Crippen LogP contribution in [0.25, 0.3) is 44.1 Å². The molecule has 4 heteroatoms. The van der Waals surface area contributed by atoms with E-state index in [0.29, 0.717) is 0 Å². The highest BCUT2D eigenvalue weighted by molar-refractivity contribution is 6.02. The van der Waals surface area contributed by atoms with Crippen LogP contribution in [0, 0.1) is 0 Å². The zero-order valence-corrected chi connectivity index (χ0v) is 32.1. The van der Waals surface area contributed by atoms with Gasteiger partial charge in [0.15, 0.2) is 0 Å². The van der Waals surface area contributed by atoms with E-state index in [4.69, 9.17) is 9.97 Å². The van der Waals surface area contributed by atoms with Crippen molar-refractivity contribution in [1.82, 2.24) is 9.97 Å². The summed E-state index contributed by atoms with van der Waals surface area (Å²) >= 11 is 0. The summed E-state index contributed by atoms with van der Waals surface area (Å²) in [7, 11) is 0. The van der Waals surface area contributed by atoms with Gasteiger partial charge in [0, 0.05) is 45.9 Å². The second-order valence-corrected chi connectivity index (χ2v) is 15.3. The average Bonchev–Trinajstić information content (AvgIpc) is 3.77. The molecule has 0 radical (unpaired) electrons. The van der Waals surface area contributed by atoms with E-state index in [0.717, 1.165) is 56.6 Å². The lowest BCUT2D eigenvalue weighted by Crippen LogP contribution is -2.26. The van der Waals surface area contributed by atoms with Gasteiger partial charge in [0.05, 0.1) is 28.2 Å². The van der Waals surface area contributed by atoms with Gasteiger partial charge in [-0.1, -0.05) is 133 Å². The number of hydrogen-bond acceptors (Lipinski definition) is 4. The molecule has 2 aliphatic carbocycles. The molecule has 0 bridgehead atoms. The van der Waals surface area contributed by atoms with Gasteiger partial charge in [-0.15, -0.1) is 0 Å². The molecule has 2 heterocycles. The van der Waals surface area contributed by atoms with E-state index in [1.165, 1.54) is 43.8 Å². The molecular weight excluding hydrogens is 717 g/mol. The molecule has 0 saturated carbocycles. The van der Waals surface area contributed by atoms with E-state index in [2.05, 4.69) is 216 Å². The van der Waals surface area contributed by atoms with Crippen molar-refractivity contribution in [3.8, 4) is 22.5 Å². The van der Waals surface area contributed by atoms with E-state index in [9.17, 15) is 0 Å². The lowest BCUT2D eigenvalue weighted by atomic mass is 9.71. The van der Waals surface area contributed by atoms with Gasteiger partial charge in [-0.05, 0) is 117 Å². The maximum atomic E-state index is 5.06. The molecule has 0 aliphatic heterocycles. The lowest BCUT2D eigenvalue weighted by Gasteiger charge is -2.33. The molecule has 4 nitrogen and oxygen atoms in total. The van der Waals surface area contributed by atoms with Crippen LogP contribution < -0.4 is 9.80 Å². The largest absolute Gasteiger partial charge is 0.310 e. The van der Waals surface area contributed by atoms with Gasteiger partial charge in [0.1, 0.15) is 0 Å². The molecule has 0 amide bonds. The topological polar surface area (TPSA) is 32.3 Å². The number of hydrogen-bond donors (Lipinski definition) is 0. The fraction of sp³-hybridized carbons (Fsp3) is 0.0182. The molecule has 1 spiro atoms. The molecule has 0 atom stereocenters. The molecule has 10 aromatic rings. The Labute approximate surface area is 343 Å². The van der Waals surface area contributed by atoms with Crippen molar-refractivity contribution in [3.05, 3.63) is 241 Å². The summed E-state index contributed by atoms with van der Waals surface area (Å²) in [6.45, 7) is 0. The van der Waals surface area contributed by atoms with Crippen molar-refractivity contribution in [1.29, 1.82) is 0 Å². The number of fused-ring (bicyclic) bond motifs is 12. The number of para-hydroxylation sites is 2. The van der Waals surface area contributed by atoms with Crippen LogP contribution in [-0.2, 0) is 5.41 Å². The Morgan fingerprint density at radius 2 is 0.746 bits per heavy atom. The highest BCUT2D eigenvalue weighted by atomic mass is 15.1. The fourth-order valence-corrected chi connectivity index (χ4v) is 9.91. The minimum absolute atomic E-state index is 0.675. The number of aromatic nitrogens is 2. The van der Waals surface area contributed by atoms with Gasteiger partial charge in [-0.3, -0.25) is 9.97 Å². The quantitative estimate of drug-likeness (QED) is 0.169. The van der Waals surface area contributed by atoms with Gasteiger partial charge < -0.3 is 9.80 Å². The first kappa shape index (κ1) is 33.3. The van der Waals surface area contributed by atoms with Crippen molar-refractivity contribution in [3.63, 3.8) is 0 Å². The minimum Gasteiger partial charge on any atom is -0.310 e. The normalized spacial score (nSPS) is 12.9. The highest BCUT2D eigenvalue weighted by Gasteiger charge is 2.53. The molecule has 276 valence electrons. The Morgan fingerprint density at radius 1 is 0.322 bits per heavy atom. The maximum absolute atomic E-state index is 5.06. The maximum Gasteiger partial charge on any atom is 0.0937 e. The molecule has 0 N–H and O–H groups in total. The van der Waals surface area contributed by atoms with Crippen molar-refractivity contribution in [2.75, 3.05) is 9.80 Å². The van der Waals surface area contributed by atoms with Gasteiger partial charge in [-0.2, -0.15) is 0 Å². The number of nitrogens with zero attached hydrogens (tertiary/aromatic N) is 4. The molecule has 12 rings (SSSR count). The molecule has 0 fully saturated rings. The third kappa shape index (κ3) is 4.90. The van der Waals surface area contributed by atoms with E-state index < -0.39 is 5.41 Å². The summed E-state index contributed by atoms with van der Waals surface area (Å²) in [4.78, 5) is 14.9. The summed E-state index contributed by atoms with van der Waals surface area (Å²) in [5.41, 5.74) is 15.0. The summed E-state index contributed by atoms with van der Waals surface area (Å²) < 4.78 is 0. The van der Waals surface area contributed by atoms with Crippen molar-refractivity contribution >= 4 is 55.7 Å². The predicted molar refractivity (Wildman–Crippen MR) is 243 cm³/mol. The van der Waals surface area contributed by atoms with Crippen LogP contribution in [0.3, 0.4) is 0 Å². The Balaban J connectivity index is 1.14. The minimum atomic E-state index is -0.675. The summed E-state index contributed by atoms with van der Waals surface area (Å²) in [5.74, 6) is 0. The van der Waals surface area contributed by atoms with E-state index in [-0.39, 0.29) is 0 Å². The van der Waals surface area contributed by atoms with Crippen molar-refractivity contribution < 1.29 is 0 Å². The zero-order chi connectivity index (χ0) is 38.9. The van der Waals surface area contributed by atoms with Crippen molar-refractivity contribution in [2.45, 2.75) is 5.41 Å². The average molecular weight is 753 g/mol. The van der Waals surface area contributed by atoms with Crippen LogP contribution in [0.2, 0.25) is 0 Å². The second kappa shape index (κ2) is 13.1. The molecule has 2 aliphatic rings. The molecular formula is C55H36N4. The van der Waals surface area contributed by atoms with E-state index in [1.54, 1.807) is 0 Å². The third-order valence-corrected chi connectivity index (χ3v) is 12.3. The molecule has 0 unspecified atom stereocenters. The van der Waals surface area contributed by atoms with E-state index >= 15 is 0 Å². The van der Waals surface area contributed by atoms with Crippen molar-refractivity contribution in [2.24, 2.45) is 0 Å². The second-order valence-electron chi connectivity index (χ2n) is 15.3. The molecule has 0 saturated heterocycles. The van der Waals surface area contributed by atoms with Crippen LogP contribution in [0.5, 0.6) is 0 Å². The SMILES string of the molecule is c1ccc(N(c2ccc3c(c2)C2(c4cc(N(c5ccccc5)c5cccc6ccccc56)ccc4-3)c3cccnc3-c3ncccc32)c2cccc3ccccc23)cc1. The number of benzene rings is 8. The fourth-order valence-electron chi connectivity index (χ4n) is 9.91. The molecule has 8 aromatic carbocycles. The Kier molecular flexibility index (Phi) is 7.41. The predicted octanol–water partition coefficient (Wildman–Crippen LogP) is 14.1. The Hall–Kier alpha value is -7.82. The third-order valence-electron chi connectivity index (χ3n) is 12.3. The number of anilines is 6. The summed E-state index contributed by atoms with van der Waals surface area (Å²) in [6, 6.07) is 74.7. The smallest absolute Gasteiger partial charge is 0.0937 e. The zero-order valence-electron chi connectivity index (χ0n) is 32.1. The van der Waals surface area contributed by atoms with Crippen LogP contribution in [-0.4, -0.2) is 9.97 Å². The van der Waals surface area contributed by atoms with Gasteiger partial charge >= 0.3 is 0 Å². The molecule has 2 aromatic heterocycles. The van der Waals surface area contributed by atoms with Crippen LogP contribution in [0.15, 0.2) is 219 Å².